The summed E-state index contributed by atoms with van der Waals surface area (Å²) in [5.74, 6) is 0.860. The number of fused-ring (bicyclic) bond motifs is 1. The first-order chi connectivity index (χ1) is 15.5. The van der Waals surface area contributed by atoms with E-state index >= 15 is 0 Å². The molecule has 1 atom stereocenters. The molecule has 0 spiro atoms. The predicted molar refractivity (Wildman–Crippen MR) is 127 cm³/mol. The van der Waals surface area contributed by atoms with Gasteiger partial charge in [0.15, 0.2) is 0 Å². The van der Waals surface area contributed by atoms with Gasteiger partial charge in [-0.05, 0) is 42.5 Å². The highest BCUT2D eigenvalue weighted by Gasteiger charge is 2.33. The van der Waals surface area contributed by atoms with Crippen molar-refractivity contribution in [3.63, 3.8) is 0 Å². The molecule has 0 N–H and O–H groups in total. The molecule has 0 saturated carbocycles. The van der Waals surface area contributed by atoms with Crippen LogP contribution in [0.5, 0.6) is 5.75 Å². The van der Waals surface area contributed by atoms with Gasteiger partial charge < -0.3 is 14.5 Å². The number of para-hydroxylation sites is 1. The number of rotatable bonds is 6. The van der Waals surface area contributed by atoms with Crippen LogP contribution >= 0.6 is 0 Å². The average molecular weight is 440 g/mol. The molecule has 1 amide bonds. The summed E-state index contributed by atoms with van der Waals surface area (Å²) in [7, 11) is 1.58. The zero-order chi connectivity index (χ0) is 22.7. The maximum atomic E-state index is 13.6. The molecule has 0 aliphatic carbocycles. The molecule has 2 heterocycles. The van der Waals surface area contributed by atoms with Crippen molar-refractivity contribution in [1.29, 1.82) is 0 Å². The molecule has 6 heteroatoms. The van der Waals surface area contributed by atoms with E-state index in [4.69, 9.17) is 4.74 Å². The van der Waals surface area contributed by atoms with Gasteiger partial charge in [-0.15, -0.1) is 0 Å². The van der Waals surface area contributed by atoms with Gasteiger partial charge in [-0.3, -0.25) is 9.69 Å². The quantitative estimate of drug-likeness (QED) is 0.671. The number of hydrogen-bond donors (Lipinski definition) is 0. The van der Waals surface area contributed by atoms with E-state index in [1.54, 1.807) is 13.2 Å². The number of nitrogens with zero attached hydrogens (tertiary/aromatic N) is 3. The van der Waals surface area contributed by atoms with Crippen LogP contribution in [0.4, 0.5) is 15.8 Å². The van der Waals surface area contributed by atoms with Crippen LogP contribution in [0.15, 0.2) is 42.5 Å². The molecule has 32 heavy (non-hydrogen) atoms. The third-order valence-electron chi connectivity index (χ3n) is 6.54. The topological polar surface area (TPSA) is 36.0 Å². The number of halogens is 1. The Balaban J connectivity index is 1.44. The first-order valence-electron chi connectivity index (χ1n) is 11.7. The van der Waals surface area contributed by atoms with E-state index in [0.29, 0.717) is 18.1 Å². The van der Waals surface area contributed by atoms with E-state index in [9.17, 15) is 9.18 Å². The maximum absolute atomic E-state index is 13.6. The number of anilines is 2. The average Bonchev–Trinajstić information content (AvgIpc) is 2.79. The molecular weight excluding hydrogens is 405 g/mol. The van der Waals surface area contributed by atoms with Gasteiger partial charge >= 0.3 is 0 Å². The molecule has 2 aliphatic rings. The summed E-state index contributed by atoms with van der Waals surface area (Å²) in [6, 6.07) is 13.3. The highest BCUT2D eigenvalue weighted by atomic mass is 19.1. The zero-order valence-electron chi connectivity index (χ0n) is 19.4. The molecule has 172 valence electrons. The Morgan fingerprint density at radius 2 is 1.84 bits per heavy atom. The molecule has 4 rings (SSSR count). The van der Waals surface area contributed by atoms with Gasteiger partial charge in [0.2, 0.25) is 5.91 Å². The van der Waals surface area contributed by atoms with Crippen LogP contribution in [0, 0.1) is 11.7 Å². The third-order valence-corrected chi connectivity index (χ3v) is 6.54. The van der Waals surface area contributed by atoms with E-state index in [1.165, 1.54) is 17.7 Å². The van der Waals surface area contributed by atoms with Crippen molar-refractivity contribution in [2.24, 2.45) is 5.92 Å². The molecule has 1 fully saturated rings. The highest BCUT2D eigenvalue weighted by molar-refractivity contribution is 5.95. The molecule has 2 aromatic rings. The lowest BCUT2D eigenvalue weighted by molar-refractivity contribution is -0.120. The van der Waals surface area contributed by atoms with Crippen molar-refractivity contribution in [1.82, 2.24) is 4.90 Å². The van der Waals surface area contributed by atoms with Gasteiger partial charge in [-0.1, -0.05) is 32.0 Å². The van der Waals surface area contributed by atoms with E-state index in [1.807, 2.05) is 6.07 Å². The number of methoxy groups -OCH3 is 1. The maximum Gasteiger partial charge on any atom is 0.227 e. The van der Waals surface area contributed by atoms with Crippen molar-refractivity contribution in [3.05, 3.63) is 53.8 Å². The molecule has 0 bridgehead atoms. The lowest BCUT2D eigenvalue weighted by Gasteiger charge is -2.43. The van der Waals surface area contributed by atoms with Crippen molar-refractivity contribution in [3.8, 4) is 5.75 Å². The second kappa shape index (κ2) is 9.90. The molecule has 5 nitrogen and oxygen atoms in total. The standard InChI is InChI=1S/C26H34FN3O2/c1-19(2)16-26(31)30-22(10-8-20-6-4-5-7-23(20)30)18-28-12-14-29(15-13-28)24-11-9-21(27)17-25(24)32-3/h4-7,9,11,17,19,22H,8,10,12-16,18H2,1-3H3. The number of piperazine rings is 1. The summed E-state index contributed by atoms with van der Waals surface area (Å²) in [4.78, 5) is 20.0. The minimum atomic E-state index is -0.284. The lowest BCUT2D eigenvalue weighted by atomic mass is 9.94. The van der Waals surface area contributed by atoms with E-state index < -0.39 is 0 Å². The van der Waals surface area contributed by atoms with Gasteiger partial charge in [0.25, 0.3) is 0 Å². The molecule has 2 aromatic carbocycles. The normalized spacial score (nSPS) is 19.2. The molecule has 2 aliphatic heterocycles. The van der Waals surface area contributed by atoms with Crippen LogP contribution in [-0.2, 0) is 11.2 Å². The van der Waals surface area contributed by atoms with Crippen LogP contribution in [-0.4, -0.2) is 56.7 Å². The summed E-state index contributed by atoms with van der Waals surface area (Å²) in [5.41, 5.74) is 3.30. The number of benzene rings is 2. The lowest BCUT2D eigenvalue weighted by Crippen LogP contribution is -2.54. The summed E-state index contributed by atoms with van der Waals surface area (Å²) >= 11 is 0. The summed E-state index contributed by atoms with van der Waals surface area (Å²) in [6.07, 6.45) is 2.58. The summed E-state index contributed by atoms with van der Waals surface area (Å²) in [5, 5.41) is 0. The Labute approximate surface area is 190 Å². The fourth-order valence-electron chi connectivity index (χ4n) is 4.95. The Morgan fingerprint density at radius 1 is 1.09 bits per heavy atom. The van der Waals surface area contributed by atoms with Crippen LogP contribution in [0.2, 0.25) is 0 Å². The number of ether oxygens (including phenoxy) is 1. The number of amides is 1. The second-order valence-corrected chi connectivity index (χ2v) is 9.29. The largest absolute Gasteiger partial charge is 0.494 e. The van der Waals surface area contributed by atoms with Gasteiger partial charge in [0.1, 0.15) is 11.6 Å². The predicted octanol–water partition coefficient (Wildman–Crippen LogP) is 4.35. The van der Waals surface area contributed by atoms with Crippen molar-refractivity contribution < 1.29 is 13.9 Å². The highest BCUT2D eigenvalue weighted by Crippen LogP contribution is 2.33. The Bertz CT molecular complexity index is 940. The van der Waals surface area contributed by atoms with Gasteiger partial charge in [-0.2, -0.15) is 0 Å². The second-order valence-electron chi connectivity index (χ2n) is 9.29. The van der Waals surface area contributed by atoms with Crippen molar-refractivity contribution in [2.75, 3.05) is 49.6 Å². The Kier molecular flexibility index (Phi) is 6.99. The van der Waals surface area contributed by atoms with Gasteiger partial charge in [0, 0.05) is 56.9 Å². The van der Waals surface area contributed by atoms with Gasteiger partial charge in [0.05, 0.1) is 12.8 Å². The minimum Gasteiger partial charge on any atom is -0.494 e. The van der Waals surface area contributed by atoms with E-state index in [-0.39, 0.29) is 17.8 Å². The van der Waals surface area contributed by atoms with Crippen LogP contribution in [0.25, 0.3) is 0 Å². The van der Waals surface area contributed by atoms with E-state index in [2.05, 4.69) is 46.7 Å². The summed E-state index contributed by atoms with van der Waals surface area (Å²) in [6.45, 7) is 8.61. The number of aryl methyl sites for hydroxylation is 1. The van der Waals surface area contributed by atoms with Crippen LogP contribution < -0.4 is 14.5 Å². The number of carbonyl (C=O) groups excluding carboxylic acids is 1. The van der Waals surface area contributed by atoms with Crippen molar-refractivity contribution >= 4 is 17.3 Å². The molecule has 1 saturated heterocycles. The fraction of sp³-hybridized carbons (Fsp3) is 0.500. The SMILES string of the molecule is COc1cc(F)ccc1N1CCN(CC2CCc3ccccc3N2C(=O)CC(C)C)CC1. The van der Waals surface area contributed by atoms with Crippen molar-refractivity contribution in [2.45, 2.75) is 39.2 Å². The number of hydrogen-bond acceptors (Lipinski definition) is 4. The molecule has 0 radical (unpaired) electrons. The zero-order valence-corrected chi connectivity index (χ0v) is 19.4. The summed E-state index contributed by atoms with van der Waals surface area (Å²) < 4.78 is 19.0. The number of carbonyl (C=O) groups is 1. The van der Waals surface area contributed by atoms with Gasteiger partial charge in [-0.25, -0.2) is 4.39 Å². The van der Waals surface area contributed by atoms with E-state index in [0.717, 1.165) is 56.9 Å². The third kappa shape index (κ3) is 4.90. The Hall–Kier alpha value is -2.60. The molecule has 0 aromatic heterocycles. The Morgan fingerprint density at radius 3 is 2.56 bits per heavy atom. The first kappa shape index (κ1) is 22.6. The first-order valence-corrected chi connectivity index (χ1v) is 11.7. The molecule has 1 unspecified atom stereocenters. The van der Waals surface area contributed by atoms with Crippen LogP contribution in [0.1, 0.15) is 32.3 Å². The fourth-order valence-corrected chi connectivity index (χ4v) is 4.95. The van der Waals surface area contributed by atoms with Crippen LogP contribution in [0.3, 0.4) is 0 Å². The minimum absolute atomic E-state index is 0.197. The monoisotopic (exact) mass is 439 g/mol. The smallest absolute Gasteiger partial charge is 0.227 e. The molecular formula is C26H34FN3O2.